The largest absolute Gasteiger partial charge is 0.378 e. The number of ether oxygens (including phenoxy) is 1. The Morgan fingerprint density at radius 3 is 2.58 bits per heavy atom. The van der Waals surface area contributed by atoms with Gasteiger partial charge in [0.05, 0.1) is 5.60 Å². The monoisotopic (exact) mass is 261 g/mol. The van der Waals surface area contributed by atoms with Gasteiger partial charge in [0.15, 0.2) is 0 Å². The fraction of sp³-hybridized carbons (Fsp3) is 0.647. The highest BCUT2D eigenvalue weighted by molar-refractivity contribution is 5.29. The Labute approximate surface area is 117 Å². The van der Waals surface area contributed by atoms with E-state index >= 15 is 0 Å². The van der Waals surface area contributed by atoms with Gasteiger partial charge in [-0.15, -0.1) is 0 Å². The molecule has 1 aliphatic heterocycles. The molecule has 19 heavy (non-hydrogen) atoms. The molecule has 1 fully saturated rings. The Morgan fingerprint density at radius 1 is 1.21 bits per heavy atom. The lowest BCUT2D eigenvalue weighted by Gasteiger charge is -2.27. The molecule has 1 unspecified atom stereocenters. The van der Waals surface area contributed by atoms with E-state index in [1.54, 1.807) is 7.11 Å². The van der Waals surface area contributed by atoms with Crippen molar-refractivity contribution in [3.63, 3.8) is 0 Å². The van der Waals surface area contributed by atoms with Crippen molar-refractivity contribution < 1.29 is 4.74 Å². The lowest BCUT2D eigenvalue weighted by molar-refractivity contribution is 0.0230. The Bertz CT molecular complexity index is 394. The van der Waals surface area contributed by atoms with Crippen LogP contribution in [-0.2, 0) is 17.6 Å². The summed E-state index contributed by atoms with van der Waals surface area (Å²) in [5.41, 5.74) is 2.82. The van der Waals surface area contributed by atoms with Gasteiger partial charge in [-0.05, 0) is 50.8 Å². The topological polar surface area (TPSA) is 21.3 Å². The third kappa shape index (κ3) is 4.32. The summed E-state index contributed by atoms with van der Waals surface area (Å²) >= 11 is 0. The molecule has 2 heteroatoms. The number of rotatable bonds is 5. The van der Waals surface area contributed by atoms with Crippen LogP contribution in [0.2, 0.25) is 0 Å². The normalized spacial score (nSPS) is 20.5. The predicted molar refractivity (Wildman–Crippen MR) is 80.6 cm³/mol. The lowest BCUT2D eigenvalue weighted by atomic mass is 9.90. The third-order valence-electron chi connectivity index (χ3n) is 4.17. The number of hydrogen-bond donors (Lipinski definition) is 1. The first-order chi connectivity index (χ1) is 9.11. The molecule has 1 aromatic rings. The highest BCUT2D eigenvalue weighted by Crippen LogP contribution is 2.22. The van der Waals surface area contributed by atoms with E-state index in [1.165, 1.54) is 36.9 Å². The van der Waals surface area contributed by atoms with E-state index in [2.05, 4.69) is 43.4 Å². The summed E-state index contributed by atoms with van der Waals surface area (Å²) in [6, 6.07) is 9.47. The van der Waals surface area contributed by atoms with Crippen molar-refractivity contribution in [3.05, 3.63) is 35.4 Å². The smallest absolute Gasteiger partial charge is 0.0663 e. The molecule has 0 bridgehead atoms. The zero-order valence-electron chi connectivity index (χ0n) is 12.5. The molecule has 2 nitrogen and oxygen atoms in total. The van der Waals surface area contributed by atoms with Gasteiger partial charge in [0.1, 0.15) is 0 Å². The summed E-state index contributed by atoms with van der Waals surface area (Å²) in [5, 5.41) is 3.64. The van der Waals surface area contributed by atoms with E-state index in [4.69, 9.17) is 4.74 Å². The highest BCUT2D eigenvalue weighted by Gasteiger charge is 2.20. The number of benzene rings is 1. The summed E-state index contributed by atoms with van der Waals surface area (Å²) in [4.78, 5) is 0. The van der Waals surface area contributed by atoms with Crippen LogP contribution in [0.5, 0.6) is 0 Å². The second-order valence-corrected chi connectivity index (χ2v) is 6.26. The van der Waals surface area contributed by atoms with Gasteiger partial charge in [-0.25, -0.2) is 0 Å². The van der Waals surface area contributed by atoms with Crippen LogP contribution in [0, 0.1) is 0 Å². The standard InChI is InChI=1S/C17H27NO/c1-17(2,19-3)13-15-9-5-4-8-14(15)12-16-10-6-7-11-18-16/h4-5,8-9,16,18H,6-7,10-13H2,1-3H3. The van der Waals surface area contributed by atoms with Gasteiger partial charge < -0.3 is 10.1 Å². The van der Waals surface area contributed by atoms with Crippen molar-refractivity contribution in [1.29, 1.82) is 0 Å². The van der Waals surface area contributed by atoms with Crippen molar-refractivity contribution >= 4 is 0 Å². The van der Waals surface area contributed by atoms with E-state index < -0.39 is 0 Å². The molecule has 0 aliphatic carbocycles. The van der Waals surface area contributed by atoms with Gasteiger partial charge in [-0.3, -0.25) is 0 Å². The molecular formula is C17H27NO. The molecule has 1 aromatic carbocycles. The molecule has 2 rings (SSSR count). The molecular weight excluding hydrogens is 234 g/mol. The Balaban J connectivity index is 2.07. The summed E-state index contributed by atoms with van der Waals surface area (Å²) < 4.78 is 5.57. The molecule has 0 amide bonds. The second kappa shape index (κ2) is 6.53. The van der Waals surface area contributed by atoms with Gasteiger partial charge in [0.25, 0.3) is 0 Å². The maximum atomic E-state index is 5.57. The third-order valence-corrected chi connectivity index (χ3v) is 4.17. The molecule has 0 radical (unpaired) electrons. The molecule has 0 aromatic heterocycles. The van der Waals surface area contributed by atoms with Crippen LogP contribution >= 0.6 is 0 Å². The molecule has 1 saturated heterocycles. The molecule has 106 valence electrons. The van der Waals surface area contributed by atoms with Gasteiger partial charge in [-0.1, -0.05) is 30.7 Å². The van der Waals surface area contributed by atoms with Crippen molar-refractivity contribution in [2.24, 2.45) is 0 Å². The average Bonchev–Trinajstić information content (AvgIpc) is 2.42. The van der Waals surface area contributed by atoms with Crippen LogP contribution in [0.15, 0.2) is 24.3 Å². The molecule has 1 aliphatic rings. The van der Waals surface area contributed by atoms with Gasteiger partial charge in [0.2, 0.25) is 0 Å². The molecule has 1 N–H and O–H groups in total. The fourth-order valence-corrected chi connectivity index (χ4v) is 2.82. The first-order valence-electron chi connectivity index (χ1n) is 7.46. The number of hydrogen-bond acceptors (Lipinski definition) is 2. The van der Waals surface area contributed by atoms with Gasteiger partial charge >= 0.3 is 0 Å². The van der Waals surface area contributed by atoms with Crippen LogP contribution in [-0.4, -0.2) is 25.3 Å². The molecule has 0 saturated carbocycles. The Morgan fingerprint density at radius 2 is 1.95 bits per heavy atom. The number of methoxy groups -OCH3 is 1. The van der Waals surface area contributed by atoms with Crippen LogP contribution in [0.25, 0.3) is 0 Å². The molecule has 1 heterocycles. The Hall–Kier alpha value is -0.860. The van der Waals surface area contributed by atoms with E-state index in [0.717, 1.165) is 12.8 Å². The average molecular weight is 261 g/mol. The minimum atomic E-state index is -0.0872. The van der Waals surface area contributed by atoms with E-state index in [-0.39, 0.29) is 5.60 Å². The van der Waals surface area contributed by atoms with Crippen molar-refractivity contribution in [2.45, 2.75) is 57.6 Å². The van der Waals surface area contributed by atoms with Crippen LogP contribution in [0.4, 0.5) is 0 Å². The van der Waals surface area contributed by atoms with E-state index in [0.29, 0.717) is 6.04 Å². The van der Waals surface area contributed by atoms with Crippen molar-refractivity contribution in [3.8, 4) is 0 Å². The fourth-order valence-electron chi connectivity index (χ4n) is 2.82. The SMILES string of the molecule is COC(C)(C)Cc1ccccc1CC1CCCCN1. The summed E-state index contributed by atoms with van der Waals surface area (Å²) in [6.07, 6.45) is 6.13. The summed E-state index contributed by atoms with van der Waals surface area (Å²) in [7, 11) is 1.80. The second-order valence-electron chi connectivity index (χ2n) is 6.26. The van der Waals surface area contributed by atoms with Crippen molar-refractivity contribution in [2.75, 3.05) is 13.7 Å². The number of nitrogens with one attached hydrogen (secondary N) is 1. The predicted octanol–water partition coefficient (Wildman–Crippen LogP) is 3.34. The summed E-state index contributed by atoms with van der Waals surface area (Å²) in [6.45, 7) is 5.49. The molecule has 1 atom stereocenters. The van der Waals surface area contributed by atoms with Crippen LogP contribution in [0.1, 0.15) is 44.2 Å². The van der Waals surface area contributed by atoms with Gasteiger partial charge in [0, 0.05) is 19.6 Å². The maximum Gasteiger partial charge on any atom is 0.0663 e. The molecule has 0 spiro atoms. The zero-order chi connectivity index (χ0) is 13.7. The number of piperidine rings is 1. The highest BCUT2D eigenvalue weighted by atomic mass is 16.5. The quantitative estimate of drug-likeness (QED) is 0.877. The first kappa shape index (κ1) is 14.5. The van der Waals surface area contributed by atoms with Crippen LogP contribution in [0.3, 0.4) is 0 Å². The van der Waals surface area contributed by atoms with E-state index in [1.807, 2.05) is 0 Å². The zero-order valence-corrected chi connectivity index (χ0v) is 12.5. The minimum absolute atomic E-state index is 0.0872. The lowest BCUT2D eigenvalue weighted by Crippen LogP contribution is -2.36. The Kier molecular flexibility index (Phi) is 5.00. The van der Waals surface area contributed by atoms with E-state index in [9.17, 15) is 0 Å². The summed E-state index contributed by atoms with van der Waals surface area (Å²) in [5.74, 6) is 0. The van der Waals surface area contributed by atoms with Gasteiger partial charge in [-0.2, -0.15) is 0 Å². The first-order valence-corrected chi connectivity index (χ1v) is 7.46. The maximum absolute atomic E-state index is 5.57. The minimum Gasteiger partial charge on any atom is -0.378 e. The van der Waals surface area contributed by atoms with Crippen molar-refractivity contribution in [1.82, 2.24) is 5.32 Å². The van der Waals surface area contributed by atoms with Crippen LogP contribution < -0.4 is 5.32 Å².